The molecule has 8 heteroatoms. The third kappa shape index (κ3) is 7.70. The van der Waals surface area contributed by atoms with Gasteiger partial charge in [0.2, 0.25) is 10.0 Å². The van der Waals surface area contributed by atoms with Crippen molar-refractivity contribution >= 4 is 21.8 Å². The van der Waals surface area contributed by atoms with Crippen molar-refractivity contribution in [1.82, 2.24) is 9.62 Å². The van der Waals surface area contributed by atoms with Crippen molar-refractivity contribution in [2.45, 2.75) is 29.9 Å². The van der Waals surface area contributed by atoms with E-state index in [9.17, 15) is 18.5 Å². The average Bonchev–Trinajstić information content (AvgIpc) is 2.94. The fourth-order valence-corrected chi connectivity index (χ4v) is 5.96. The highest BCUT2D eigenvalue weighted by molar-refractivity contribution is 7.89. The molecule has 4 aromatic carbocycles. The number of likely N-dealkylation sites (N-methyl/N-ethyl adjacent to an activating group) is 1. The van der Waals surface area contributed by atoms with Gasteiger partial charge in [0.1, 0.15) is 0 Å². The van der Waals surface area contributed by atoms with Crippen LogP contribution in [0.2, 0.25) is 0 Å². The number of nitrogens with zero attached hydrogens (tertiary/aromatic N) is 2. The Kier molecular flexibility index (Phi) is 9.38. The number of nitro groups is 1. The summed E-state index contributed by atoms with van der Waals surface area (Å²) in [6.45, 7) is 0.573. The first-order chi connectivity index (χ1) is 18.8. The minimum absolute atomic E-state index is 0.357. The van der Waals surface area contributed by atoms with Gasteiger partial charge in [0, 0.05) is 24.7 Å². The molecule has 0 unspecified atom stereocenters. The summed E-state index contributed by atoms with van der Waals surface area (Å²) in [4.78, 5) is 12.7. The summed E-state index contributed by atoms with van der Waals surface area (Å²) in [6, 6.07) is 33.7. The van der Waals surface area contributed by atoms with Gasteiger partial charge in [0.05, 0.1) is 4.92 Å². The molecule has 0 bridgehead atoms. The van der Waals surface area contributed by atoms with E-state index < -0.39 is 26.7 Å². The molecule has 0 aromatic heterocycles. The first-order valence-corrected chi connectivity index (χ1v) is 14.1. The Bertz CT molecular complexity index is 1490. The molecule has 0 aliphatic carbocycles. The Labute approximate surface area is 229 Å². The van der Waals surface area contributed by atoms with Crippen molar-refractivity contribution in [2.75, 3.05) is 7.05 Å². The van der Waals surface area contributed by atoms with Gasteiger partial charge in [-0.2, -0.15) is 0 Å². The molecule has 0 saturated carbocycles. The second-order valence-electron chi connectivity index (χ2n) is 9.30. The average molecular weight is 542 g/mol. The molecule has 7 nitrogen and oxygen atoms in total. The lowest BCUT2D eigenvalue weighted by Gasteiger charge is -2.33. The molecule has 0 radical (unpaired) electrons. The molecule has 0 fully saturated rings. The smallest absolute Gasteiger partial charge is 0.289 e. The van der Waals surface area contributed by atoms with Crippen molar-refractivity contribution in [3.8, 4) is 0 Å². The van der Waals surface area contributed by atoms with Crippen LogP contribution in [-0.4, -0.2) is 37.4 Å². The quantitative estimate of drug-likeness (QED) is 0.184. The second-order valence-corrected chi connectivity index (χ2v) is 11.0. The summed E-state index contributed by atoms with van der Waals surface area (Å²) < 4.78 is 30.2. The molecule has 0 aliphatic rings. The lowest BCUT2D eigenvalue weighted by molar-refractivity contribution is -0.387. The third-order valence-electron chi connectivity index (χ3n) is 6.44. The van der Waals surface area contributed by atoms with Gasteiger partial charge in [-0.25, -0.2) is 13.1 Å². The maximum absolute atomic E-state index is 13.7. The summed E-state index contributed by atoms with van der Waals surface area (Å²) >= 11 is 0. The minimum atomic E-state index is -4.24. The van der Waals surface area contributed by atoms with Gasteiger partial charge in [0.25, 0.3) is 5.69 Å². The Hall–Kier alpha value is -4.11. The molecule has 1 N–H and O–H groups in total. The number of rotatable bonds is 12. The Morgan fingerprint density at radius 3 is 1.97 bits per heavy atom. The highest BCUT2D eigenvalue weighted by atomic mass is 32.2. The largest absolute Gasteiger partial charge is 0.294 e. The minimum Gasteiger partial charge on any atom is -0.294 e. The molecule has 4 aromatic rings. The van der Waals surface area contributed by atoms with E-state index in [0.717, 1.165) is 16.7 Å². The lowest BCUT2D eigenvalue weighted by atomic mass is 9.97. The predicted octanol–water partition coefficient (Wildman–Crippen LogP) is 5.70. The Balaban J connectivity index is 1.75. The van der Waals surface area contributed by atoms with E-state index >= 15 is 0 Å². The van der Waals surface area contributed by atoms with Crippen molar-refractivity contribution in [3.05, 3.63) is 148 Å². The van der Waals surface area contributed by atoms with Crippen LogP contribution in [-0.2, 0) is 23.0 Å². The zero-order valence-corrected chi connectivity index (χ0v) is 22.4. The molecular weight excluding hydrogens is 510 g/mol. The SMILES string of the molecule is CN(Cc1ccccc1)[C@H](/C=C/c1ccccc1)[C@H](Cc1ccccc1)NS(=O)(=O)c1ccccc1[N+](=O)[O-]. The van der Waals surface area contributed by atoms with Gasteiger partial charge in [0.15, 0.2) is 4.90 Å². The highest BCUT2D eigenvalue weighted by Crippen LogP contribution is 2.25. The van der Waals surface area contributed by atoms with Crippen LogP contribution < -0.4 is 4.72 Å². The van der Waals surface area contributed by atoms with Crippen LogP contribution in [0, 0.1) is 10.1 Å². The lowest BCUT2D eigenvalue weighted by Crippen LogP contribution is -2.50. The maximum Gasteiger partial charge on any atom is 0.289 e. The second kappa shape index (κ2) is 13.1. The summed E-state index contributed by atoms with van der Waals surface area (Å²) in [5.74, 6) is 0. The van der Waals surface area contributed by atoms with Gasteiger partial charge < -0.3 is 0 Å². The molecule has 0 saturated heterocycles. The van der Waals surface area contributed by atoms with Crippen LogP contribution >= 0.6 is 0 Å². The zero-order chi connectivity index (χ0) is 27.7. The van der Waals surface area contributed by atoms with E-state index in [2.05, 4.69) is 9.62 Å². The van der Waals surface area contributed by atoms with E-state index in [4.69, 9.17) is 0 Å². The molecule has 200 valence electrons. The van der Waals surface area contributed by atoms with Gasteiger partial charge >= 0.3 is 0 Å². The van der Waals surface area contributed by atoms with Gasteiger partial charge in [-0.15, -0.1) is 0 Å². The highest BCUT2D eigenvalue weighted by Gasteiger charge is 2.32. The van der Waals surface area contributed by atoms with Crippen LogP contribution in [0.4, 0.5) is 5.69 Å². The number of hydrogen-bond acceptors (Lipinski definition) is 5. The topological polar surface area (TPSA) is 92.6 Å². The standard InChI is InChI=1S/C31H31N3O4S/c1-33(24-27-17-9-4-10-18-27)29(22-21-25-13-5-2-6-14-25)28(23-26-15-7-3-8-16-26)32-39(37,38)31-20-12-11-19-30(31)34(35)36/h2-22,28-29,32H,23-24H2,1H3/b22-21+/t28-,29+/m0/s1. The van der Waals surface area contributed by atoms with E-state index in [-0.39, 0.29) is 10.9 Å². The van der Waals surface area contributed by atoms with Gasteiger partial charge in [-0.1, -0.05) is 115 Å². The zero-order valence-electron chi connectivity index (χ0n) is 21.6. The van der Waals surface area contributed by atoms with Crippen molar-refractivity contribution in [3.63, 3.8) is 0 Å². The molecule has 2 atom stereocenters. The van der Waals surface area contributed by atoms with E-state index in [0.29, 0.717) is 13.0 Å². The van der Waals surface area contributed by atoms with Crippen molar-refractivity contribution in [2.24, 2.45) is 0 Å². The number of para-hydroxylation sites is 1. The molecule has 0 spiro atoms. The normalized spacial score (nSPS) is 13.4. The number of benzene rings is 4. The van der Waals surface area contributed by atoms with Crippen molar-refractivity contribution < 1.29 is 13.3 Å². The van der Waals surface area contributed by atoms with Gasteiger partial charge in [-0.05, 0) is 36.2 Å². The molecule has 0 aliphatic heterocycles. The van der Waals surface area contributed by atoms with Crippen LogP contribution in [0.5, 0.6) is 0 Å². The fourth-order valence-electron chi connectivity index (χ4n) is 4.54. The van der Waals surface area contributed by atoms with Gasteiger partial charge in [-0.3, -0.25) is 15.0 Å². The molecule has 0 heterocycles. The fraction of sp³-hybridized carbons (Fsp3) is 0.161. The summed E-state index contributed by atoms with van der Waals surface area (Å²) in [5, 5.41) is 11.6. The van der Waals surface area contributed by atoms with Crippen LogP contribution in [0.1, 0.15) is 16.7 Å². The molecule has 4 rings (SSSR count). The van der Waals surface area contributed by atoms with E-state index in [1.807, 2.05) is 110 Å². The van der Waals surface area contributed by atoms with Crippen molar-refractivity contribution in [1.29, 1.82) is 0 Å². The Morgan fingerprint density at radius 1 is 0.821 bits per heavy atom. The summed E-state index contributed by atoms with van der Waals surface area (Å²) in [6.07, 6.45) is 4.35. The van der Waals surface area contributed by atoms with Crippen LogP contribution in [0.15, 0.2) is 126 Å². The summed E-state index contributed by atoms with van der Waals surface area (Å²) in [7, 11) is -2.29. The van der Waals surface area contributed by atoms with E-state index in [1.165, 1.54) is 24.3 Å². The number of nitrogens with one attached hydrogen (secondary N) is 1. The summed E-state index contributed by atoms with van der Waals surface area (Å²) in [5.41, 5.74) is 2.55. The third-order valence-corrected chi connectivity index (χ3v) is 7.98. The van der Waals surface area contributed by atoms with Crippen LogP contribution in [0.3, 0.4) is 0 Å². The Morgan fingerprint density at radius 2 is 1.36 bits per heavy atom. The first-order valence-electron chi connectivity index (χ1n) is 12.6. The first kappa shape index (κ1) is 27.9. The molecule has 39 heavy (non-hydrogen) atoms. The molecular formula is C31H31N3O4S. The van der Waals surface area contributed by atoms with Crippen LogP contribution in [0.25, 0.3) is 6.08 Å². The number of hydrogen-bond donors (Lipinski definition) is 1. The monoisotopic (exact) mass is 541 g/mol. The number of sulfonamides is 1. The predicted molar refractivity (Wildman–Crippen MR) is 155 cm³/mol. The number of nitro benzene ring substituents is 1. The van der Waals surface area contributed by atoms with E-state index in [1.54, 1.807) is 0 Å². The molecule has 0 amide bonds. The maximum atomic E-state index is 13.7.